The smallest absolute Gasteiger partial charge is 0.0348 e. The average molecular weight is 319 g/mol. The fourth-order valence-electron chi connectivity index (χ4n) is 2.79. The highest BCUT2D eigenvalue weighted by Gasteiger charge is 1.91. The second kappa shape index (κ2) is 19.3. The van der Waals surface area contributed by atoms with Gasteiger partial charge in [-0.25, -0.2) is 0 Å². The van der Waals surface area contributed by atoms with E-state index in [-0.39, 0.29) is 0 Å². The van der Waals surface area contributed by atoms with Crippen molar-refractivity contribution in [1.82, 2.24) is 0 Å². The predicted molar refractivity (Wildman–Crippen MR) is 108 cm³/mol. The molecule has 23 heavy (non-hydrogen) atoms. The molecule has 0 N–H and O–H groups in total. The first kappa shape index (κ1) is 22.2. The van der Waals surface area contributed by atoms with E-state index in [9.17, 15) is 0 Å². The van der Waals surface area contributed by atoms with Crippen molar-refractivity contribution in [2.45, 2.75) is 110 Å². The zero-order chi connectivity index (χ0) is 17.0. The molecule has 0 fully saturated rings. The largest absolute Gasteiger partial charge is 0.0961 e. The molecule has 0 bridgehead atoms. The maximum atomic E-state index is 3.88. The summed E-state index contributed by atoms with van der Waals surface area (Å²) >= 11 is 0. The van der Waals surface area contributed by atoms with Gasteiger partial charge in [0.15, 0.2) is 0 Å². The van der Waals surface area contributed by atoms with Crippen LogP contribution in [0.4, 0.5) is 0 Å². The molecule has 0 amide bonds. The van der Waals surface area contributed by atoms with Crippen LogP contribution in [-0.2, 0) is 0 Å². The van der Waals surface area contributed by atoms with Gasteiger partial charge >= 0.3 is 0 Å². The van der Waals surface area contributed by atoms with Gasteiger partial charge in [-0.2, -0.15) is 0 Å². The van der Waals surface area contributed by atoms with E-state index in [1.807, 2.05) is 0 Å². The maximum absolute atomic E-state index is 3.88. The van der Waals surface area contributed by atoms with E-state index >= 15 is 0 Å². The molecule has 0 aliphatic rings. The number of allylic oxidation sites excluding steroid dienone is 5. The summed E-state index contributed by atoms with van der Waals surface area (Å²) < 4.78 is 0. The zero-order valence-electron chi connectivity index (χ0n) is 16.1. The Balaban J connectivity index is 3.12. The van der Waals surface area contributed by atoms with Gasteiger partial charge in [0.25, 0.3) is 0 Å². The van der Waals surface area contributed by atoms with Crippen molar-refractivity contribution in [2.75, 3.05) is 0 Å². The Kier molecular flexibility index (Phi) is 18.6. The first-order valence-electron chi connectivity index (χ1n) is 10.2. The van der Waals surface area contributed by atoms with Gasteiger partial charge in [-0.15, -0.1) is 0 Å². The molecule has 0 rings (SSSR count). The summed E-state index contributed by atoms with van der Waals surface area (Å²) in [6.07, 6.45) is 29.8. The second-order valence-corrected chi connectivity index (χ2v) is 6.98. The van der Waals surface area contributed by atoms with Gasteiger partial charge in [0, 0.05) is 0 Å². The van der Waals surface area contributed by atoms with Gasteiger partial charge in [-0.05, 0) is 45.4 Å². The Morgan fingerprint density at radius 3 is 1.43 bits per heavy atom. The molecule has 0 atom stereocenters. The van der Waals surface area contributed by atoms with E-state index in [2.05, 4.69) is 44.7 Å². The molecule has 0 aromatic carbocycles. The molecule has 0 aliphatic carbocycles. The second-order valence-electron chi connectivity index (χ2n) is 6.98. The van der Waals surface area contributed by atoms with Crippen molar-refractivity contribution in [3.8, 4) is 0 Å². The lowest BCUT2D eigenvalue weighted by Crippen LogP contribution is -1.80. The third-order valence-corrected chi connectivity index (χ3v) is 4.28. The molecule has 0 aromatic rings. The van der Waals surface area contributed by atoms with E-state index < -0.39 is 0 Å². The molecule has 0 aliphatic heterocycles. The molecule has 0 aromatic heterocycles. The van der Waals surface area contributed by atoms with Crippen LogP contribution in [0.15, 0.2) is 36.5 Å². The Bertz CT molecular complexity index is 295. The summed E-state index contributed by atoms with van der Waals surface area (Å²) in [6, 6.07) is 0. The number of rotatable bonds is 17. The van der Waals surface area contributed by atoms with Gasteiger partial charge < -0.3 is 0 Å². The predicted octanol–water partition coefficient (Wildman–Crippen LogP) is 8.55. The molecule has 0 heterocycles. The third-order valence-electron chi connectivity index (χ3n) is 4.28. The minimum absolute atomic E-state index is 1.16. The van der Waals surface area contributed by atoms with Gasteiger partial charge in [-0.3, -0.25) is 0 Å². The SMILES string of the molecule is C=C(C)C=CCCCCCCCC/C=C\CCCCCCCC. The van der Waals surface area contributed by atoms with Crippen molar-refractivity contribution in [1.29, 1.82) is 0 Å². The molecular formula is C23H42. The van der Waals surface area contributed by atoms with Gasteiger partial charge in [0.05, 0.1) is 0 Å². The van der Waals surface area contributed by atoms with E-state index in [0.717, 1.165) is 5.57 Å². The summed E-state index contributed by atoms with van der Waals surface area (Å²) in [4.78, 5) is 0. The van der Waals surface area contributed by atoms with Crippen LogP contribution in [0.2, 0.25) is 0 Å². The third kappa shape index (κ3) is 21.2. The monoisotopic (exact) mass is 318 g/mol. The quantitative estimate of drug-likeness (QED) is 0.143. The minimum Gasteiger partial charge on any atom is -0.0961 e. The number of hydrogen-bond acceptors (Lipinski definition) is 0. The Morgan fingerprint density at radius 1 is 0.609 bits per heavy atom. The number of unbranched alkanes of at least 4 members (excludes halogenated alkanes) is 13. The van der Waals surface area contributed by atoms with Gasteiger partial charge in [0.2, 0.25) is 0 Å². The molecule has 0 heteroatoms. The normalized spacial score (nSPS) is 11.7. The highest BCUT2D eigenvalue weighted by molar-refractivity contribution is 5.10. The first-order valence-corrected chi connectivity index (χ1v) is 10.2. The van der Waals surface area contributed by atoms with Crippen LogP contribution in [0.5, 0.6) is 0 Å². The van der Waals surface area contributed by atoms with Crippen molar-refractivity contribution < 1.29 is 0 Å². The topological polar surface area (TPSA) is 0 Å². The molecule has 0 nitrogen and oxygen atoms in total. The molecule has 0 unspecified atom stereocenters. The standard InChI is InChI=1S/C23H42/c1-4-5-6-7-8-9-10-11-12-13-14-15-16-17-18-19-20-21-22-23(2)3/h11-12,21-22H,2,4-10,13-20H2,1,3H3/b12-11-,22-21?. The fourth-order valence-corrected chi connectivity index (χ4v) is 2.79. The highest BCUT2D eigenvalue weighted by atomic mass is 14.0. The summed E-state index contributed by atoms with van der Waals surface area (Å²) in [5.74, 6) is 0. The lowest BCUT2D eigenvalue weighted by atomic mass is 10.1. The summed E-state index contributed by atoms with van der Waals surface area (Å²) in [5, 5.41) is 0. The molecule has 0 spiro atoms. The Morgan fingerprint density at radius 2 is 1.00 bits per heavy atom. The molecule has 0 radical (unpaired) electrons. The van der Waals surface area contributed by atoms with Crippen molar-refractivity contribution >= 4 is 0 Å². The zero-order valence-corrected chi connectivity index (χ0v) is 16.1. The van der Waals surface area contributed by atoms with Crippen LogP contribution in [0, 0.1) is 0 Å². The molecule has 0 saturated heterocycles. The van der Waals surface area contributed by atoms with E-state index in [1.165, 1.54) is 96.3 Å². The minimum atomic E-state index is 1.16. The fraction of sp³-hybridized carbons (Fsp3) is 0.739. The van der Waals surface area contributed by atoms with Crippen LogP contribution < -0.4 is 0 Å². The summed E-state index contributed by atoms with van der Waals surface area (Å²) in [7, 11) is 0. The van der Waals surface area contributed by atoms with Crippen molar-refractivity contribution in [2.24, 2.45) is 0 Å². The van der Waals surface area contributed by atoms with Crippen LogP contribution >= 0.6 is 0 Å². The average Bonchev–Trinajstić information content (AvgIpc) is 2.53. The molecule has 0 saturated carbocycles. The van der Waals surface area contributed by atoms with E-state index in [4.69, 9.17) is 0 Å². The van der Waals surface area contributed by atoms with Crippen molar-refractivity contribution in [3.63, 3.8) is 0 Å². The van der Waals surface area contributed by atoms with Crippen LogP contribution in [0.3, 0.4) is 0 Å². The van der Waals surface area contributed by atoms with Crippen molar-refractivity contribution in [3.05, 3.63) is 36.5 Å². The maximum Gasteiger partial charge on any atom is -0.0348 e. The van der Waals surface area contributed by atoms with E-state index in [0.29, 0.717) is 0 Å². The van der Waals surface area contributed by atoms with Crippen LogP contribution in [0.25, 0.3) is 0 Å². The highest BCUT2D eigenvalue weighted by Crippen LogP contribution is 2.10. The Hall–Kier alpha value is -0.780. The Labute approximate surface area is 147 Å². The van der Waals surface area contributed by atoms with Crippen LogP contribution in [-0.4, -0.2) is 0 Å². The molecule has 134 valence electrons. The number of hydrogen-bond donors (Lipinski definition) is 0. The lowest BCUT2D eigenvalue weighted by Gasteiger charge is -2.00. The van der Waals surface area contributed by atoms with Gasteiger partial charge in [0.1, 0.15) is 0 Å². The molecular weight excluding hydrogens is 276 g/mol. The van der Waals surface area contributed by atoms with Crippen LogP contribution in [0.1, 0.15) is 110 Å². The summed E-state index contributed by atoms with van der Waals surface area (Å²) in [6.45, 7) is 8.21. The lowest BCUT2D eigenvalue weighted by molar-refractivity contribution is 0.598. The first-order chi connectivity index (χ1) is 11.3. The summed E-state index contributed by atoms with van der Waals surface area (Å²) in [5.41, 5.74) is 1.16. The van der Waals surface area contributed by atoms with E-state index in [1.54, 1.807) is 0 Å². The van der Waals surface area contributed by atoms with Gasteiger partial charge in [-0.1, -0.05) is 101 Å².